The van der Waals surface area contributed by atoms with E-state index in [2.05, 4.69) is 39.5 Å². The zero-order valence-electron chi connectivity index (χ0n) is 12.6. The molecule has 0 spiro atoms. The van der Waals surface area contributed by atoms with Gasteiger partial charge in [-0.05, 0) is 37.1 Å². The summed E-state index contributed by atoms with van der Waals surface area (Å²) >= 11 is 0. The molecule has 122 valence electrons. The molecule has 0 fully saturated rings. The molecule has 0 bridgehead atoms. The number of halogens is 3. The lowest BCUT2D eigenvalue weighted by atomic mass is 10.2. The highest BCUT2D eigenvalue weighted by atomic mass is 19.4. The van der Waals surface area contributed by atoms with Gasteiger partial charge in [0.25, 0.3) is 0 Å². The molecule has 1 atom stereocenters. The van der Waals surface area contributed by atoms with E-state index >= 15 is 0 Å². The van der Waals surface area contributed by atoms with Crippen LogP contribution in [-0.4, -0.2) is 29.3 Å². The van der Waals surface area contributed by atoms with Crippen molar-refractivity contribution in [3.05, 3.63) is 47.7 Å². The van der Waals surface area contributed by atoms with Gasteiger partial charge in [-0.2, -0.15) is 13.2 Å². The van der Waals surface area contributed by atoms with E-state index in [0.717, 1.165) is 19.0 Å². The van der Waals surface area contributed by atoms with Crippen molar-refractivity contribution in [3.8, 4) is 0 Å². The highest BCUT2D eigenvalue weighted by molar-refractivity contribution is 5.58. The number of hydrogen-bond donors (Lipinski definition) is 1. The Morgan fingerprint density at radius 1 is 1.17 bits per heavy atom. The van der Waals surface area contributed by atoms with Gasteiger partial charge in [0.05, 0.1) is 0 Å². The molecule has 1 aliphatic rings. The first-order valence-electron chi connectivity index (χ1n) is 7.44. The number of aromatic nitrogens is 2. The van der Waals surface area contributed by atoms with Crippen LogP contribution in [-0.2, 0) is 12.6 Å². The lowest BCUT2D eigenvalue weighted by Crippen LogP contribution is -2.36. The third-order valence-electron chi connectivity index (χ3n) is 3.99. The van der Waals surface area contributed by atoms with Crippen LogP contribution >= 0.6 is 0 Å². The highest BCUT2D eigenvalue weighted by Crippen LogP contribution is 2.29. The molecule has 0 saturated heterocycles. The molecule has 23 heavy (non-hydrogen) atoms. The van der Waals surface area contributed by atoms with Crippen molar-refractivity contribution in [1.29, 1.82) is 0 Å². The Bertz CT molecular complexity index is 670. The van der Waals surface area contributed by atoms with E-state index in [1.807, 2.05) is 12.1 Å². The normalized spacial score (nSPS) is 15.4. The quantitative estimate of drug-likeness (QED) is 0.937. The second-order valence-electron chi connectivity index (χ2n) is 5.60. The van der Waals surface area contributed by atoms with Crippen LogP contribution in [0.4, 0.5) is 24.7 Å². The number of nitrogens with zero attached hydrogens (tertiary/aromatic N) is 3. The fourth-order valence-corrected chi connectivity index (χ4v) is 2.76. The molecular weight excluding hydrogens is 305 g/mol. The van der Waals surface area contributed by atoms with Crippen LogP contribution in [0.3, 0.4) is 0 Å². The van der Waals surface area contributed by atoms with Crippen molar-refractivity contribution in [2.75, 3.05) is 23.3 Å². The Kier molecular flexibility index (Phi) is 4.11. The highest BCUT2D eigenvalue weighted by Gasteiger charge is 2.32. The van der Waals surface area contributed by atoms with Crippen molar-refractivity contribution in [1.82, 2.24) is 10.2 Å². The summed E-state index contributed by atoms with van der Waals surface area (Å²) in [6, 6.07) is 10.7. The largest absolute Gasteiger partial charge is 0.435 e. The van der Waals surface area contributed by atoms with Crippen molar-refractivity contribution in [2.45, 2.75) is 25.6 Å². The number of benzene rings is 1. The number of anilines is 2. The minimum absolute atomic E-state index is 0.197. The Balaban J connectivity index is 1.61. The molecular formula is C16H17F3N4. The van der Waals surface area contributed by atoms with Crippen LogP contribution < -0.4 is 10.2 Å². The molecule has 4 nitrogen and oxygen atoms in total. The molecule has 7 heteroatoms. The van der Waals surface area contributed by atoms with E-state index in [1.54, 1.807) is 0 Å². The Hall–Kier alpha value is -2.31. The SMILES string of the molecule is CC(CNc1ccc(C(F)(F)F)nn1)N1CCc2ccccc21. The predicted molar refractivity (Wildman–Crippen MR) is 82.5 cm³/mol. The van der Waals surface area contributed by atoms with Crippen LogP contribution in [0.2, 0.25) is 0 Å². The standard InChI is InChI=1S/C16H17F3N4/c1-11(23-9-8-12-4-2-3-5-13(12)23)10-20-15-7-6-14(21-22-15)16(17,18)19/h2-7,11H,8-10H2,1H3,(H,20,22). The molecule has 2 heterocycles. The lowest BCUT2D eigenvalue weighted by Gasteiger charge is -2.27. The van der Waals surface area contributed by atoms with E-state index in [1.165, 1.54) is 17.3 Å². The number of para-hydroxylation sites is 1. The van der Waals surface area contributed by atoms with Crippen molar-refractivity contribution >= 4 is 11.5 Å². The van der Waals surface area contributed by atoms with Gasteiger partial charge in [0.15, 0.2) is 5.69 Å². The number of alkyl halides is 3. The van der Waals surface area contributed by atoms with E-state index in [4.69, 9.17) is 0 Å². The summed E-state index contributed by atoms with van der Waals surface area (Å²) in [5, 5.41) is 9.85. The summed E-state index contributed by atoms with van der Waals surface area (Å²) in [6.07, 6.45) is -3.45. The Morgan fingerprint density at radius 2 is 1.96 bits per heavy atom. The molecule has 1 unspecified atom stereocenters. The molecule has 1 N–H and O–H groups in total. The molecule has 1 aliphatic heterocycles. The third-order valence-corrected chi connectivity index (χ3v) is 3.99. The monoisotopic (exact) mass is 322 g/mol. The minimum Gasteiger partial charge on any atom is -0.367 e. The fraction of sp³-hybridized carbons (Fsp3) is 0.375. The maximum Gasteiger partial charge on any atom is 0.435 e. The summed E-state index contributed by atoms with van der Waals surface area (Å²) in [7, 11) is 0. The third kappa shape index (κ3) is 3.38. The van der Waals surface area contributed by atoms with Gasteiger partial charge < -0.3 is 10.2 Å². The first-order chi connectivity index (χ1) is 10.9. The average Bonchev–Trinajstić information content (AvgIpc) is 2.96. The zero-order chi connectivity index (χ0) is 16.4. The minimum atomic E-state index is -4.46. The van der Waals surface area contributed by atoms with Gasteiger partial charge in [0.2, 0.25) is 0 Å². The second-order valence-corrected chi connectivity index (χ2v) is 5.60. The lowest BCUT2D eigenvalue weighted by molar-refractivity contribution is -0.141. The number of fused-ring (bicyclic) bond motifs is 1. The van der Waals surface area contributed by atoms with Crippen LogP contribution in [0.5, 0.6) is 0 Å². The van der Waals surface area contributed by atoms with Crippen LogP contribution in [0.15, 0.2) is 36.4 Å². The number of rotatable bonds is 4. The summed E-state index contributed by atoms with van der Waals surface area (Å²) in [5.41, 5.74) is 1.57. The van der Waals surface area contributed by atoms with Gasteiger partial charge in [-0.1, -0.05) is 18.2 Å². The Morgan fingerprint density at radius 3 is 2.65 bits per heavy atom. The topological polar surface area (TPSA) is 41.1 Å². The number of hydrogen-bond acceptors (Lipinski definition) is 4. The molecule has 0 aliphatic carbocycles. The predicted octanol–water partition coefficient (Wildman–Crippen LogP) is 3.36. The van der Waals surface area contributed by atoms with Gasteiger partial charge >= 0.3 is 6.18 Å². The summed E-state index contributed by atoms with van der Waals surface area (Å²) in [5.74, 6) is 0.345. The second kappa shape index (κ2) is 6.06. The van der Waals surface area contributed by atoms with Crippen molar-refractivity contribution in [3.63, 3.8) is 0 Å². The molecule has 0 radical (unpaired) electrons. The van der Waals surface area contributed by atoms with Crippen molar-refractivity contribution < 1.29 is 13.2 Å². The molecule has 2 aromatic rings. The van der Waals surface area contributed by atoms with Gasteiger partial charge in [0, 0.05) is 24.8 Å². The zero-order valence-corrected chi connectivity index (χ0v) is 12.6. The maximum atomic E-state index is 12.4. The van der Waals surface area contributed by atoms with Gasteiger partial charge in [-0.3, -0.25) is 0 Å². The molecule has 3 rings (SSSR count). The van der Waals surface area contributed by atoms with E-state index in [0.29, 0.717) is 12.4 Å². The molecule has 0 saturated carbocycles. The van der Waals surface area contributed by atoms with Gasteiger partial charge in [-0.15, -0.1) is 10.2 Å². The number of nitrogens with one attached hydrogen (secondary N) is 1. The molecule has 1 aromatic carbocycles. The van der Waals surface area contributed by atoms with E-state index in [-0.39, 0.29) is 6.04 Å². The van der Waals surface area contributed by atoms with Crippen LogP contribution in [0, 0.1) is 0 Å². The summed E-state index contributed by atoms with van der Waals surface area (Å²) in [6.45, 7) is 3.60. The van der Waals surface area contributed by atoms with Crippen molar-refractivity contribution in [2.24, 2.45) is 0 Å². The smallest absolute Gasteiger partial charge is 0.367 e. The van der Waals surface area contributed by atoms with E-state index < -0.39 is 11.9 Å². The molecule has 1 aromatic heterocycles. The van der Waals surface area contributed by atoms with Crippen LogP contribution in [0.1, 0.15) is 18.2 Å². The van der Waals surface area contributed by atoms with E-state index in [9.17, 15) is 13.2 Å². The first-order valence-corrected chi connectivity index (χ1v) is 7.44. The fourth-order valence-electron chi connectivity index (χ4n) is 2.76. The van der Waals surface area contributed by atoms with Crippen LogP contribution in [0.25, 0.3) is 0 Å². The first kappa shape index (κ1) is 15.6. The molecule has 0 amide bonds. The summed E-state index contributed by atoms with van der Waals surface area (Å²) < 4.78 is 37.3. The van der Waals surface area contributed by atoms with Gasteiger partial charge in [0.1, 0.15) is 5.82 Å². The average molecular weight is 322 g/mol. The Labute approximate surface area is 132 Å². The summed E-state index contributed by atoms with van der Waals surface area (Å²) in [4.78, 5) is 2.29. The van der Waals surface area contributed by atoms with Gasteiger partial charge in [-0.25, -0.2) is 0 Å². The maximum absolute atomic E-state index is 12.4.